The fourth-order valence-electron chi connectivity index (χ4n) is 2.70. The molecule has 1 aromatic heterocycles. The second kappa shape index (κ2) is 7.56. The number of benzene rings is 2. The molecular weight excluding hydrogens is 340 g/mol. The number of para-hydroxylation sites is 1. The summed E-state index contributed by atoms with van der Waals surface area (Å²) in [6.07, 6.45) is 0.163. The molecule has 2 aromatic carbocycles. The highest BCUT2D eigenvalue weighted by atomic mass is 19.3. The zero-order valence-electron chi connectivity index (χ0n) is 14.5. The Kier molecular flexibility index (Phi) is 5.21. The third kappa shape index (κ3) is 4.02. The van der Waals surface area contributed by atoms with Gasteiger partial charge in [-0.1, -0.05) is 30.3 Å². The summed E-state index contributed by atoms with van der Waals surface area (Å²) in [5, 5.41) is 0.991. The molecule has 1 amide bonds. The highest BCUT2D eigenvalue weighted by Gasteiger charge is 2.21. The predicted molar refractivity (Wildman–Crippen MR) is 94.2 cm³/mol. The van der Waals surface area contributed by atoms with Gasteiger partial charge in [-0.15, -0.1) is 0 Å². The molecule has 26 heavy (non-hydrogen) atoms. The van der Waals surface area contributed by atoms with Crippen molar-refractivity contribution in [2.75, 3.05) is 7.05 Å². The first kappa shape index (κ1) is 17.9. The normalized spacial score (nSPS) is 12.3. The van der Waals surface area contributed by atoms with Gasteiger partial charge in [-0.3, -0.25) is 4.79 Å². The zero-order valence-corrected chi connectivity index (χ0v) is 14.5. The van der Waals surface area contributed by atoms with Crippen LogP contribution < -0.4 is 4.74 Å². The van der Waals surface area contributed by atoms with Crippen molar-refractivity contribution >= 4 is 16.9 Å². The maximum atomic E-state index is 12.5. The van der Waals surface area contributed by atoms with Gasteiger partial charge in [0.2, 0.25) is 5.91 Å². The Labute approximate surface area is 150 Å². The minimum atomic E-state index is -2.86. The quantitative estimate of drug-likeness (QED) is 0.635. The van der Waals surface area contributed by atoms with Crippen molar-refractivity contribution in [2.45, 2.75) is 26.0 Å². The number of hydrogen-bond donors (Lipinski definition) is 0. The highest BCUT2D eigenvalue weighted by Crippen LogP contribution is 2.27. The molecule has 0 bridgehead atoms. The predicted octanol–water partition coefficient (Wildman–Crippen LogP) is 4.80. The summed E-state index contributed by atoms with van der Waals surface area (Å²) >= 11 is 0. The summed E-state index contributed by atoms with van der Waals surface area (Å²) in [5.74, 6) is 0.684. The maximum absolute atomic E-state index is 12.5. The molecule has 0 saturated carbocycles. The van der Waals surface area contributed by atoms with Crippen LogP contribution in [0.25, 0.3) is 11.0 Å². The topological polar surface area (TPSA) is 42.7 Å². The van der Waals surface area contributed by atoms with Gasteiger partial charge >= 0.3 is 6.61 Å². The van der Waals surface area contributed by atoms with Crippen LogP contribution in [-0.4, -0.2) is 24.5 Å². The van der Waals surface area contributed by atoms with E-state index in [0.29, 0.717) is 5.76 Å². The van der Waals surface area contributed by atoms with Crippen molar-refractivity contribution in [3.8, 4) is 5.75 Å². The van der Waals surface area contributed by atoms with E-state index in [1.807, 2.05) is 37.3 Å². The van der Waals surface area contributed by atoms with E-state index in [1.165, 1.54) is 12.1 Å². The van der Waals surface area contributed by atoms with Gasteiger partial charge in [0.15, 0.2) is 0 Å². The Morgan fingerprint density at radius 1 is 1.15 bits per heavy atom. The molecule has 0 aliphatic heterocycles. The summed E-state index contributed by atoms with van der Waals surface area (Å²) in [6, 6.07) is 15.5. The molecule has 3 rings (SSSR count). The number of nitrogens with zero attached hydrogens (tertiary/aromatic N) is 1. The van der Waals surface area contributed by atoms with Gasteiger partial charge in [0.1, 0.15) is 17.1 Å². The number of amides is 1. The maximum Gasteiger partial charge on any atom is 0.387 e. The Morgan fingerprint density at radius 2 is 1.85 bits per heavy atom. The Morgan fingerprint density at radius 3 is 2.50 bits per heavy atom. The van der Waals surface area contributed by atoms with Crippen LogP contribution in [0, 0.1) is 0 Å². The van der Waals surface area contributed by atoms with Crippen LogP contribution in [0.2, 0.25) is 0 Å². The number of rotatable bonds is 6. The smallest absolute Gasteiger partial charge is 0.387 e. The van der Waals surface area contributed by atoms with Crippen LogP contribution in [0.3, 0.4) is 0 Å². The standard InChI is InChI=1S/C20H19F2NO3/c1-13(18-12-15-5-3-4-6-17(15)26-18)23(2)19(24)11-14-7-9-16(10-8-14)25-20(21)22/h3-10,12-13,20H,11H2,1-2H3. The van der Waals surface area contributed by atoms with E-state index in [1.54, 1.807) is 24.1 Å². The van der Waals surface area contributed by atoms with Crippen LogP contribution >= 0.6 is 0 Å². The third-order valence-corrected chi connectivity index (χ3v) is 4.33. The van der Waals surface area contributed by atoms with Crippen molar-refractivity contribution < 1.29 is 22.7 Å². The van der Waals surface area contributed by atoms with E-state index in [0.717, 1.165) is 16.5 Å². The number of halogens is 2. The number of fused-ring (bicyclic) bond motifs is 1. The average Bonchev–Trinajstić information content (AvgIpc) is 3.05. The van der Waals surface area contributed by atoms with Crippen LogP contribution in [-0.2, 0) is 11.2 Å². The van der Waals surface area contributed by atoms with Gasteiger partial charge in [0, 0.05) is 12.4 Å². The SMILES string of the molecule is CC(c1cc2ccccc2o1)N(C)C(=O)Cc1ccc(OC(F)F)cc1. The monoisotopic (exact) mass is 359 g/mol. The summed E-state index contributed by atoms with van der Waals surface area (Å²) in [7, 11) is 1.72. The summed E-state index contributed by atoms with van der Waals surface area (Å²) in [6.45, 7) is -0.965. The molecule has 1 atom stereocenters. The first-order chi connectivity index (χ1) is 12.4. The van der Waals surface area contributed by atoms with E-state index in [4.69, 9.17) is 4.42 Å². The van der Waals surface area contributed by atoms with Crippen molar-refractivity contribution in [3.05, 3.63) is 65.9 Å². The van der Waals surface area contributed by atoms with Gasteiger partial charge in [-0.25, -0.2) is 0 Å². The van der Waals surface area contributed by atoms with Gasteiger partial charge in [0.25, 0.3) is 0 Å². The first-order valence-electron chi connectivity index (χ1n) is 8.22. The van der Waals surface area contributed by atoms with E-state index < -0.39 is 6.61 Å². The number of alkyl halides is 2. The van der Waals surface area contributed by atoms with Crippen LogP contribution in [0.5, 0.6) is 5.75 Å². The molecule has 0 aliphatic rings. The van der Waals surface area contributed by atoms with E-state index in [9.17, 15) is 13.6 Å². The van der Waals surface area contributed by atoms with Crippen LogP contribution in [0.1, 0.15) is 24.3 Å². The third-order valence-electron chi connectivity index (χ3n) is 4.33. The molecule has 0 radical (unpaired) electrons. The second-order valence-electron chi connectivity index (χ2n) is 6.07. The second-order valence-corrected chi connectivity index (χ2v) is 6.07. The number of carbonyl (C=O) groups excluding carboxylic acids is 1. The van der Waals surface area contributed by atoms with Gasteiger partial charge in [-0.05, 0) is 36.8 Å². The fraction of sp³-hybridized carbons (Fsp3) is 0.250. The number of furan rings is 1. The van der Waals surface area contributed by atoms with Crippen LogP contribution in [0.4, 0.5) is 8.78 Å². The summed E-state index contributed by atoms with van der Waals surface area (Å²) in [5.41, 5.74) is 1.50. The summed E-state index contributed by atoms with van der Waals surface area (Å²) in [4.78, 5) is 14.2. The van der Waals surface area contributed by atoms with Gasteiger partial charge in [0.05, 0.1) is 12.5 Å². The largest absolute Gasteiger partial charge is 0.459 e. The average molecular weight is 359 g/mol. The molecule has 0 N–H and O–H groups in total. The molecular formula is C20H19F2NO3. The molecule has 3 aromatic rings. The minimum absolute atomic E-state index is 0.0696. The van der Waals surface area contributed by atoms with Crippen molar-refractivity contribution in [2.24, 2.45) is 0 Å². The molecule has 1 heterocycles. The van der Waals surface area contributed by atoms with Gasteiger partial charge in [-0.2, -0.15) is 8.78 Å². The van der Waals surface area contributed by atoms with Crippen molar-refractivity contribution in [1.82, 2.24) is 4.90 Å². The lowest BCUT2D eigenvalue weighted by Crippen LogP contribution is -2.30. The molecule has 136 valence electrons. The molecule has 1 unspecified atom stereocenters. The molecule has 4 nitrogen and oxygen atoms in total. The first-order valence-corrected chi connectivity index (χ1v) is 8.22. The molecule has 0 saturated heterocycles. The van der Waals surface area contributed by atoms with Gasteiger partial charge < -0.3 is 14.1 Å². The van der Waals surface area contributed by atoms with E-state index in [2.05, 4.69) is 4.74 Å². The minimum Gasteiger partial charge on any atom is -0.459 e. The zero-order chi connectivity index (χ0) is 18.7. The number of hydrogen-bond acceptors (Lipinski definition) is 3. The molecule has 6 heteroatoms. The Hall–Kier alpha value is -2.89. The molecule has 0 aliphatic carbocycles. The Balaban J connectivity index is 1.66. The Bertz CT molecular complexity index is 856. The lowest BCUT2D eigenvalue weighted by atomic mass is 10.1. The van der Waals surface area contributed by atoms with Crippen molar-refractivity contribution in [1.29, 1.82) is 0 Å². The number of likely N-dealkylation sites (N-methyl/N-ethyl adjacent to an activating group) is 1. The van der Waals surface area contributed by atoms with E-state index in [-0.39, 0.29) is 24.1 Å². The molecule has 0 fully saturated rings. The highest BCUT2D eigenvalue weighted by molar-refractivity contribution is 5.80. The number of ether oxygens (including phenoxy) is 1. The van der Waals surface area contributed by atoms with E-state index >= 15 is 0 Å². The van der Waals surface area contributed by atoms with Crippen molar-refractivity contribution in [3.63, 3.8) is 0 Å². The lowest BCUT2D eigenvalue weighted by Gasteiger charge is -2.23. The fourth-order valence-corrected chi connectivity index (χ4v) is 2.70. The van der Waals surface area contributed by atoms with Crippen LogP contribution in [0.15, 0.2) is 59.0 Å². The number of carbonyl (C=O) groups is 1. The lowest BCUT2D eigenvalue weighted by molar-refractivity contribution is -0.131. The summed E-state index contributed by atoms with van der Waals surface area (Å²) < 4.78 is 34.5. The molecule has 0 spiro atoms.